The van der Waals surface area contributed by atoms with Gasteiger partial charge in [-0.2, -0.15) is 0 Å². The van der Waals surface area contributed by atoms with Gasteiger partial charge < -0.3 is 14.6 Å². The summed E-state index contributed by atoms with van der Waals surface area (Å²) >= 11 is 6.62. The van der Waals surface area contributed by atoms with Crippen LogP contribution in [-0.4, -0.2) is 38.0 Å². The van der Waals surface area contributed by atoms with Crippen LogP contribution in [-0.2, 0) is 4.79 Å². The minimum Gasteiger partial charge on any atom is -0.477 e. The van der Waals surface area contributed by atoms with Crippen LogP contribution in [0.1, 0.15) is 5.56 Å². The van der Waals surface area contributed by atoms with Gasteiger partial charge in [-0.3, -0.25) is 15.2 Å². The van der Waals surface area contributed by atoms with Crippen LogP contribution in [0.15, 0.2) is 46.5 Å². The van der Waals surface area contributed by atoms with Gasteiger partial charge in [0.05, 0.1) is 16.6 Å². The van der Waals surface area contributed by atoms with Crippen LogP contribution in [0, 0.1) is 10.1 Å². The predicted molar refractivity (Wildman–Crippen MR) is 108 cm³/mol. The van der Waals surface area contributed by atoms with E-state index in [2.05, 4.69) is 15.2 Å². The Hall–Kier alpha value is -3.57. The van der Waals surface area contributed by atoms with Crippen molar-refractivity contribution in [3.8, 4) is 22.9 Å². The number of aliphatic carboxylic acids is 1. The smallest absolute Gasteiger partial charge is 0.342 e. The number of nitro groups is 1. The minimum atomic E-state index is -1.29. The second-order valence-corrected chi connectivity index (χ2v) is 7.36. The summed E-state index contributed by atoms with van der Waals surface area (Å²) in [6, 6.07) is 9.41. The predicted octanol–water partition coefficient (Wildman–Crippen LogP) is 3.98. The zero-order valence-electron chi connectivity index (χ0n) is 14.9. The number of H-pyrrole nitrogens is 1. The summed E-state index contributed by atoms with van der Waals surface area (Å²) in [5, 5.41) is 28.4. The molecule has 2 heterocycles. The van der Waals surface area contributed by atoms with Crippen molar-refractivity contribution in [1.82, 2.24) is 15.2 Å². The number of carboxylic acid groups (broad SMARTS) is 1. The van der Waals surface area contributed by atoms with Crippen molar-refractivity contribution < 1.29 is 24.3 Å². The number of hydrogen-bond acceptors (Lipinski definition) is 8. The number of nitrogens with one attached hydrogen (secondary N) is 1. The summed E-state index contributed by atoms with van der Waals surface area (Å²) in [7, 11) is 0. The fourth-order valence-corrected chi connectivity index (χ4v) is 3.45. The summed E-state index contributed by atoms with van der Waals surface area (Å²) in [4.78, 5) is 26.6. The summed E-state index contributed by atoms with van der Waals surface area (Å²) in [6.07, 6.45) is 1.17. The molecule has 1 aromatic heterocycles. The van der Waals surface area contributed by atoms with Crippen LogP contribution < -0.4 is 9.47 Å². The van der Waals surface area contributed by atoms with E-state index in [4.69, 9.17) is 21.1 Å². The molecule has 0 saturated carbocycles. The average molecular weight is 447 g/mol. The molecule has 3 aromatic rings. The van der Waals surface area contributed by atoms with Crippen molar-refractivity contribution in [2.24, 2.45) is 0 Å². The van der Waals surface area contributed by atoms with E-state index in [1.54, 1.807) is 24.3 Å². The quantitative estimate of drug-likeness (QED) is 0.249. The van der Waals surface area contributed by atoms with Crippen LogP contribution >= 0.6 is 23.4 Å². The summed E-state index contributed by atoms with van der Waals surface area (Å²) in [6.45, 7) is -0.0646. The number of aromatic nitrogens is 3. The first-order chi connectivity index (χ1) is 14.4. The number of benzene rings is 2. The molecule has 0 amide bonds. The van der Waals surface area contributed by atoms with E-state index in [0.717, 1.165) is 11.8 Å². The average Bonchev–Trinajstić information content (AvgIpc) is 3.36. The van der Waals surface area contributed by atoms with Gasteiger partial charge in [0.25, 0.3) is 5.69 Å². The topological polar surface area (TPSA) is 140 Å². The third-order valence-corrected chi connectivity index (χ3v) is 5.13. The van der Waals surface area contributed by atoms with Crippen molar-refractivity contribution in [2.45, 2.75) is 5.16 Å². The number of nitro benzene ring substituents is 1. The van der Waals surface area contributed by atoms with E-state index in [-0.39, 0.29) is 33.9 Å². The van der Waals surface area contributed by atoms with Crippen molar-refractivity contribution >= 4 is 41.1 Å². The number of ether oxygens (including phenoxy) is 2. The molecule has 2 aromatic carbocycles. The van der Waals surface area contributed by atoms with E-state index in [0.29, 0.717) is 22.2 Å². The van der Waals surface area contributed by atoms with Crippen molar-refractivity contribution in [3.05, 3.63) is 62.0 Å². The first-order valence-corrected chi connectivity index (χ1v) is 9.49. The summed E-state index contributed by atoms with van der Waals surface area (Å²) < 4.78 is 10.4. The zero-order valence-corrected chi connectivity index (χ0v) is 16.4. The van der Waals surface area contributed by atoms with E-state index in [9.17, 15) is 20.0 Å². The van der Waals surface area contributed by atoms with Crippen molar-refractivity contribution in [2.75, 3.05) is 6.79 Å². The number of carboxylic acids is 1. The van der Waals surface area contributed by atoms with E-state index in [1.165, 1.54) is 18.2 Å². The molecule has 0 fully saturated rings. The van der Waals surface area contributed by atoms with E-state index < -0.39 is 10.9 Å². The largest absolute Gasteiger partial charge is 0.477 e. The van der Waals surface area contributed by atoms with Gasteiger partial charge in [0, 0.05) is 10.6 Å². The molecule has 0 aliphatic carbocycles. The molecule has 0 bridgehead atoms. The highest BCUT2D eigenvalue weighted by Crippen LogP contribution is 2.39. The lowest BCUT2D eigenvalue weighted by atomic mass is 10.1. The molecule has 12 heteroatoms. The number of aromatic amines is 1. The number of halogens is 1. The molecular weight excluding hydrogens is 436 g/mol. The Balaban J connectivity index is 1.66. The lowest BCUT2D eigenvalue weighted by Gasteiger charge is -2.03. The Morgan fingerprint density at radius 1 is 1.27 bits per heavy atom. The Bertz CT molecular complexity index is 1180. The number of rotatable bonds is 6. The van der Waals surface area contributed by atoms with Crippen LogP contribution in [0.2, 0.25) is 5.02 Å². The summed E-state index contributed by atoms with van der Waals surface area (Å²) in [5.74, 6) is -0.341. The number of fused-ring (bicyclic) bond motifs is 1. The monoisotopic (exact) mass is 446 g/mol. The molecule has 0 radical (unpaired) electrons. The van der Waals surface area contributed by atoms with Crippen molar-refractivity contribution in [1.29, 1.82) is 0 Å². The highest BCUT2D eigenvalue weighted by Gasteiger charge is 2.24. The first kappa shape index (κ1) is 19.7. The molecule has 152 valence electrons. The summed E-state index contributed by atoms with van der Waals surface area (Å²) in [5.41, 5.74) is 0.462. The van der Waals surface area contributed by atoms with Gasteiger partial charge in [0.1, 0.15) is 4.91 Å². The molecule has 2 N–H and O–H groups in total. The Labute approximate surface area is 177 Å². The molecule has 0 atom stereocenters. The highest BCUT2D eigenvalue weighted by atomic mass is 35.5. The molecule has 1 aliphatic rings. The minimum absolute atomic E-state index is 0.0580. The third-order valence-electron chi connectivity index (χ3n) is 4.00. The maximum Gasteiger partial charge on any atom is 0.342 e. The Morgan fingerprint density at radius 3 is 2.63 bits per heavy atom. The SMILES string of the molecule is O=C(O)/C(=C/c1cc2c(cc1[N+](=O)[O-])OCO2)Sc1n[nH]c(-c2ccc(Cl)cc2)n1. The second kappa shape index (κ2) is 8.05. The number of hydrogen-bond donors (Lipinski definition) is 2. The molecular formula is C18H11ClN4O6S. The molecule has 1 aliphatic heterocycles. The fourth-order valence-electron chi connectivity index (χ4n) is 2.62. The Kier molecular flexibility index (Phi) is 5.29. The lowest BCUT2D eigenvalue weighted by molar-refractivity contribution is -0.385. The molecule has 4 rings (SSSR count). The number of thioether (sulfide) groups is 1. The van der Waals surface area contributed by atoms with Crippen LogP contribution in [0.3, 0.4) is 0 Å². The van der Waals surface area contributed by atoms with Gasteiger partial charge in [-0.25, -0.2) is 9.78 Å². The first-order valence-electron chi connectivity index (χ1n) is 8.30. The standard InChI is InChI=1S/C18H11ClN4O6S/c19-11-3-1-9(2-4-11)16-20-18(22-21-16)30-15(17(24)25)6-10-5-13-14(29-8-28-13)7-12(10)23(26)27/h1-7H,8H2,(H,24,25)(H,20,21,22)/b15-6-. The number of nitrogens with zero attached hydrogens (tertiary/aromatic N) is 3. The molecule has 10 nitrogen and oxygen atoms in total. The maximum absolute atomic E-state index is 11.7. The zero-order chi connectivity index (χ0) is 21.3. The third kappa shape index (κ3) is 4.07. The lowest BCUT2D eigenvalue weighted by Crippen LogP contribution is -1.99. The maximum atomic E-state index is 11.7. The Morgan fingerprint density at radius 2 is 1.97 bits per heavy atom. The molecule has 0 saturated heterocycles. The van der Waals surface area contributed by atoms with Gasteiger partial charge in [-0.05, 0) is 48.2 Å². The van der Waals surface area contributed by atoms with Crippen LogP contribution in [0.5, 0.6) is 11.5 Å². The molecule has 30 heavy (non-hydrogen) atoms. The van der Waals surface area contributed by atoms with E-state index in [1.807, 2.05) is 0 Å². The van der Waals surface area contributed by atoms with Gasteiger partial charge in [-0.1, -0.05) is 11.6 Å². The normalized spacial score (nSPS) is 12.8. The highest BCUT2D eigenvalue weighted by molar-refractivity contribution is 8.04. The fraction of sp³-hybridized carbons (Fsp3) is 0.0556. The second-order valence-electron chi connectivity index (χ2n) is 5.91. The number of carbonyl (C=O) groups is 1. The van der Waals surface area contributed by atoms with E-state index >= 15 is 0 Å². The van der Waals surface area contributed by atoms with Gasteiger partial charge in [0.2, 0.25) is 11.9 Å². The molecule has 0 unspecified atom stereocenters. The van der Waals surface area contributed by atoms with Gasteiger partial charge >= 0.3 is 5.97 Å². The van der Waals surface area contributed by atoms with Crippen LogP contribution in [0.4, 0.5) is 5.69 Å². The van der Waals surface area contributed by atoms with Crippen molar-refractivity contribution in [3.63, 3.8) is 0 Å². The van der Waals surface area contributed by atoms with Gasteiger partial charge in [0.15, 0.2) is 17.3 Å². The van der Waals surface area contributed by atoms with Gasteiger partial charge in [-0.15, -0.1) is 5.10 Å². The molecule has 0 spiro atoms. The van der Waals surface area contributed by atoms with Crippen LogP contribution in [0.25, 0.3) is 17.5 Å².